The molecule has 0 fully saturated rings. The number of hydrogen-bond donors (Lipinski definition) is 2. The maximum Gasteiger partial charge on any atom is 0.254 e. The van der Waals surface area contributed by atoms with Crippen molar-refractivity contribution in [3.63, 3.8) is 0 Å². The van der Waals surface area contributed by atoms with Crippen molar-refractivity contribution in [3.8, 4) is 0 Å². The standard InChI is InChI=1S/C15H14FNO2/c16-14-7-2-1-6-13(14)15(19)17-9-11-4-3-5-12(8-11)10-18/h1-8,18H,9-10H2,(H,17,19). The van der Waals surface area contributed by atoms with E-state index in [4.69, 9.17) is 5.11 Å². The molecule has 0 saturated heterocycles. The van der Waals surface area contributed by atoms with Crippen LogP contribution in [-0.4, -0.2) is 11.0 Å². The Labute approximate surface area is 110 Å². The lowest BCUT2D eigenvalue weighted by atomic mass is 10.1. The van der Waals surface area contributed by atoms with Crippen LogP contribution in [0.2, 0.25) is 0 Å². The molecule has 2 N–H and O–H groups in total. The molecular formula is C15H14FNO2. The minimum Gasteiger partial charge on any atom is -0.392 e. The monoisotopic (exact) mass is 259 g/mol. The van der Waals surface area contributed by atoms with Crippen LogP contribution in [0.3, 0.4) is 0 Å². The number of halogens is 1. The van der Waals surface area contributed by atoms with Gasteiger partial charge in [-0.25, -0.2) is 4.39 Å². The molecule has 0 bridgehead atoms. The molecule has 0 saturated carbocycles. The van der Waals surface area contributed by atoms with E-state index in [0.29, 0.717) is 6.54 Å². The highest BCUT2D eigenvalue weighted by Gasteiger charge is 2.09. The summed E-state index contributed by atoms with van der Waals surface area (Å²) >= 11 is 0. The molecule has 1 amide bonds. The van der Waals surface area contributed by atoms with Crippen LogP contribution in [-0.2, 0) is 13.2 Å². The highest BCUT2D eigenvalue weighted by molar-refractivity contribution is 5.94. The normalized spacial score (nSPS) is 10.2. The Kier molecular flexibility index (Phi) is 4.26. The average Bonchev–Trinajstić information content (AvgIpc) is 2.45. The lowest BCUT2D eigenvalue weighted by Crippen LogP contribution is -2.23. The first-order valence-corrected chi connectivity index (χ1v) is 5.92. The van der Waals surface area contributed by atoms with Gasteiger partial charge >= 0.3 is 0 Å². The summed E-state index contributed by atoms with van der Waals surface area (Å²) in [6, 6.07) is 13.1. The van der Waals surface area contributed by atoms with Crippen LogP contribution >= 0.6 is 0 Å². The lowest BCUT2D eigenvalue weighted by molar-refractivity contribution is 0.0947. The summed E-state index contributed by atoms with van der Waals surface area (Å²) in [5, 5.41) is 11.7. The van der Waals surface area contributed by atoms with E-state index in [1.54, 1.807) is 24.3 Å². The van der Waals surface area contributed by atoms with E-state index in [1.165, 1.54) is 18.2 Å². The van der Waals surface area contributed by atoms with Gasteiger partial charge in [-0.15, -0.1) is 0 Å². The average molecular weight is 259 g/mol. The minimum absolute atomic E-state index is 0.0285. The van der Waals surface area contributed by atoms with Crippen molar-refractivity contribution >= 4 is 5.91 Å². The highest BCUT2D eigenvalue weighted by Crippen LogP contribution is 2.08. The zero-order chi connectivity index (χ0) is 13.7. The van der Waals surface area contributed by atoms with Gasteiger partial charge < -0.3 is 10.4 Å². The second-order valence-corrected chi connectivity index (χ2v) is 4.14. The molecule has 19 heavy (non-hydrogen) atoms. The first-order chi connectivity index (χ1) is 9.20. The van der Waals surface area contributed by atoms with Gasteiger partial charge in [0.1, 0.15) is 5.82 Å². The third-order valence-corrected chi connectivity index (χ3v) is 2.75. The number of amides is 1. The van der Waals surface area contributed by atoms with Crippen molar-refractivity contribution in [3.05, 3.63) is 71.0 Å². The van der Waals surface area contributed by atoms with Gasteiger partial charge in [0, 0.05) is 6.54 Å². The summed E-state index contributed by atoms with van der Waals surface area (Å²) in [6.45, 7) is 0.246. The Morgan fingerprint density at radius 3 is 2.58 bits per heavy atom. The summed E-state index contributed by atoms with van der Waals surface area (Å²) in [7, 11) is 0. The SMILES string of the molecule is O=C(NCc1cccc(CO)c1)c1ccccc1F. The number of carbonyl (C=O) groups is 1. The number of rotatable bonds is 4. The zero-order valence-corrected chi connectivity index (χ0v) is 10.3. The third-order valence-electron chi connectivity index (χ3n) is 2.75. The van der Waals surface area contributed by atoms with Gasteiger partial charge in [-0.05, 0) is 23.3 Å². The Hall–Kier alpha value is -2.20. The summed E-state index contributed by atoms with van der Waals surface area (Å²) < 4.78 is 13.4. The molecule has 0 aliphatic heterocycles. The topological polar surface area (TPSA) is 49.3 Å². The molecule has 0 unspecified atom stereocenters. The van der Waals surface area contributed by atoms with Crippen molar-refractivity contribution in [1.82, 2.24) is 5.32 Å². The molecule has 0 atom stereocenters. The van der Waals surface area contributed by atoms with Crippen LogP contribution in [0.25, 0.3) is 0 Å². The smallest absolute Gasteiger partial charge is 0.254 e. The first-order valence-electron chi connectivity index (χ1n) is 5.92. The fourth-order valence-corrected chi connectivity index (χ4v) is 1.76. The third kappa shape index (κ3) is 3.39. The predicted octanol–water partition coefficient (Wildman–Crippen LogP) is 2.25. The molecule has 0 heterocycles. The second kappa shape index (κ2) is 6.11. The zero-order valence-electron chi connectivity index (χ0n) is 10.3. The van der Waals surface area contributed by atoms with Crippen LogP contribution < -0.4 is 5.32 Å². The molecule has 0 aliphatic rings. The lowest BCUT2D eigenvalue weighted by Gasteiger charge is -2.07. The molecule has 2 aromatic carbocycles. The number of nitrogens with one attached hydrogen (secondary N) is 1. The molecule has 0 aromatic heterocycles. The largest absolute Gasteiger partial charge is 0.392 e. The summed E-state index contributed by atoms with van der Waals surface area (Å²) in [6.07, 6.45) is 0. The van der Waals surface area contributed by atoms with E-state index in [1.807, 2.05) is 6.07 Å². The van der Waals surface area contributed by atoms with E-state index in [9.17, 15) is 9.18 Å². The van der Waals surface area contributed by atoms with Crippen molar-refractivity contribution in [2.45, 2.75) is 13.2 Å². The Morgan fingerprint density at radius 2 is 1.84 bits per heavy atom. The summed E-state index contributed by atoms with van der Waals surface area (Å²) in [4.78, 5) is 11.8. The molecule has 2 aromatic rings. The number of hydrogen-bond acceptors (Lipinski definition) is 2. The van der Waals surface area contributed by atoms with Crippen LogP contribution in [0.15, 0.2) is 48.5 Å². The quantitative estimate of drug-likeness (QED) is 0.884. The van der Waals surface area contributed by atoms with E-state index in [-0.39, 0.29) is 12.2 Å². The van der Waals surface area contributed by atoms with Gasteiger partial charge in [0.25, 0.3) is 5.91 Å². The Bertz CT molecular complexity index is 584. The van der Waals surface area contributed by atoms with Crippen molar-refractivity contribution < 1.29 is 14.3 Å². The Balaban J connectivity index is 2.02. The van der Waals surface area contributed by atoms with E-state index >= 15 is 0 Å². The maximum atomic E-state index is 13.4. The van der Waals surface area contributed by atoms with E-state index < -0.39 is 11.7 Å². The number of benzene rings is 2. The number of carbonyl (C=O) groups excluding carboxylic acids is 1. The van der Waals surface area contributed by atoms with Crippen molar-refractivity contribution in [2.24, 2.45) is 0 Å². The van der Waals surface area contributed by atoms with Gasteiger partial charge in [-0.1, -0.05) is 36.4 Å². The highest BCUT2D eigenvalue weighted by atomic mass is 19.1. The predicted molar refractivity (Wildman–Crippen MR) is 69.9 cm³/mol. The van der Waals surface area contributed by atoms with Crippen LogP contribution in [0.4, 0.5) is 4.39 Å². The van der Waals surface area contributed by atoms with E-state index in [0.717, 1.165) is 11.1 Å². The van der Waals surface area contributed by atoms with Crippen molar-refractivity contribution in [1.29, 1.82) is 0 Å². The summed E-state index contributed by atoms with van der Waals surface area (Å²) in [5.74, 6) is -0.989. The molecule has 4 heteroatoms. The van der Waals surface area contributed by atoms with Gasteiger partial charge in [0.2, 0.25) is 0 Å². The fraction of sp³-hybridized carbons (Fsp3) is 0.133. The molecule has 3 nitrogen and oxygen atoms in total. The van der Waals surface area contributed by atoms with Gasteiger partial charge in [-0.3, -0.25) is 4.79 Å². The van der Waals surface area contributed by atoms with Crippen molar-refractivity contribution in [2.75, 3.05) is 0 Å². The Morgan fingerprint density at radius 1 is 1.11 bits per heavy atom. The first kappa shape index (κ1) is 13.2. The molecule has 0 radical (unpaired) electrons. The fourth-order valence-electron chi connectivity index (χ4n) is 1.76. The van der Waals surface area contributed by atoms with Gasteiger partial charge in [-0.2, -0.15) is 0 Å². The molecule has 0 spiro atoms. The number of aliphatic hydroxyl groups excluding tert-OH is 1. The maximum absolute atomic E-state index is 13.4. The molecule has 2 rings (SSSR count). The number of aliphatic hydroxyl groups is 1. The minimum atomic E-state index is -0.538. The van der Waals surface area contributed by atoms with Crippen LogP contribution in [0.5, 0.6) is 0 Å². The van der Waals surface area contributed by atoms with E-state index in [2.05, 4.69) is 5.32 Å². The molecular weight excluding hydrogens is 245 g/mol. The second-order valence-electron chi connectivity index (χ2n) is 4.14. The van der Waals surface area contributed by atoms with Gasteiger partial charge in [0.15, 0.2) is 0 Å². The van der Waals surface area contributed by atoms with Crippen LogP contribution in [0.1, 0.15) is 21.5 Å². The molecule has 98 valence electrons. The molecule has 0 aliphatic carbocycles. The van der Waals surface area contributed by atoms with Crippen LogP contribution in [0, 0.1) is 5.82 Å². The summed E-state index contributed by atoms with van der Waals surface area (Å²) in [5.41, 5.74) is 1.66. The van der Waals surface area contributed by atoms with Gasteiger partial charge in [0.05, 0.1) is 12.2 Å².